The van der Waals surface area contributed by atoms with Crippen LogP contribution in [0.1, 0.15) is 0 Å². The third kappa shape index (κ3) is 6.93. The van der Waals surface area contributed by atoms with Crippen molar-refractivity contribution in [1.82, 2.24) is 5.32 Å². The Morgan fingerprint density at radius 1 is 1.40 bits per heavy atom. The number of rotatable bonds is 7. The van der Waals surface area contributed by atoms with Gasteiger partial charge in [0, 0.05) is 4.90 Å². The lowest BCUT2D eigenvalue weighted by atomic mass is 10.3. The Labute approximate surface area is 126 Å². The van der Waals surface area contributed by atoms with Crippen LogP contribution in [-0.2, 0) is 4.79 Å². The first-order chi connectivity index (χ1) is 8.96. The fourth-order valence-electron chi connectivity index (χ4n) is 1.17. The molecule has 4 nitrogen and oxygen atoms in total. The largest absolute Gasteiger partial charge is 0.497 e. The Balaban J connectivity index is 0.00000361. The number of alkyl halides is 2. The smallest absolute Gasteiger partial charge is 0.277 e. The lowest BCUT2D eigenvalue weighted by Crippen LogP contribution is -2.42. The van der Waals surface area contributed by atoms with Crippen molar-refractivity contribution >= 4 is 30.1 Å². The Kier molecular flexibility index (Phi) is 8.52. The second kappa shape index (κ2) is 8.99. The molecule has 1 amide bonds. The quantitative estimate of drug-likeness (QED) is 0.751. The predicted octanol–water partition coefficient (Wildman–Crippen LogP) is 1.92. The molecular weight excluding hydrogens is 310 g/mol. The molecule has 0 atom stereocenters. The summed E-state index contributed by atoms with van der Waals surface area (Å²) in [6.45, 7) is -1.51. The Morgan fingerprint density at radius 3 is 2.50 bits per heavy atom. The van der Waals surface area contributed by atoms with E-state index in [0.29, 0.717) is 0 Å². The molecule has 0 aliphatic rings. The molecule has 0 aliphatic carbocycles. The topological polar surface area (TPSA) is 64.3 Å². The van der Waals surface area contributed by atoms with Gasteiger partial charge in [-0.3, -0.25) is 4.79 Å². The Morgan fingerprint density at radius 2 is 2.00 bits per heavy atom. The summed E-state index contributed by atoms with van der Waals surface area (Å²) < 4.78 is 30.6. The third-order valence-corrected chi connectivity index (χ3v) is 3.28. The number of nitrogens with two attached hydrogens (primary N) is 1. The minimum absolute atomic E-state index is 0. The van der Waals surface area contributed by atoms with E-state index in [1.165, 1.54) is 11.8 Å². The van der Waals surface area contributed by atoms with E-state index in [0.717, 1.165) is 10.6 Å². The maximum atomic E-state index is 12.8. The minimum atomic E-state index is -3.06. The number of thioether (sulfide) groups is 1. The van der Waals surface area contributed by atoms with E-state index in [-0.39, 0.29) is 18.2 Å². The standard InChI is InChI=1S/C12H16F2N2O2S.ClH/c1-18-9-2-4-10(5-3-9)19-6-11(17)16-8-12(13,14)7-15;/h2-5H,6-8,15H2,1H3,(H,16,17);1H. The minimum Gasteiger partial charge on any atom is -0.497 e. The van der Waals surface area contributed by atoms with Crippen LogP contribution in [0.15, 0.2) is 29.2 Å². The highest BCUT2D eigenvalue weighted by Gasteiger charge is 2.26. The molecule has 0 unspecified atom stereocenters. The number of nitrogens with one attached hydrogen (secondary N) is 1. The van der Waals surface area contributed by atoms with Gasteiger partial charge in [-0.2, -0.15) is 0 Å². The number of methoxy groups -OCH3 is 1. The van der Waals surface area contributed by atoms with Crippen molar-refractivity contribution in [3.8, 4) is 5.75 Å². The van der Waals surface area contributed by atoms with Crippen molar-refractivity contribution in [2.45, 2.75) is 10.8 Å². The van der Waals surface area contributed by atoms with Gasteiger partial charge in [-0.1, -0.05) is 0 Å². The van der Waals surface area contributed by atoms with Gasteiger partial charge < -0.3 is 15.8 Å². The zero-order chi connectivity index (χ0) is 14.3. The molecular formula is C12H17ClF2N2O2S. The predicted molar refractivity (Wildman–Crippen MR) is 78.0 cm³/mol. The molecule has 0 spiro atoms. The van der Waals surface area contributed by atoms with Gasteiger partial charge in [0.15, 0.2) is 0 Å². The molecule has 0 radical (unpaired) electrons. The Bertz CT molecular complexity index is 418. The molecule has 3 N–H and O–H groups in total. The van der Waals surface area contributed by atoms with Gasteiger partial charge >= 0.3 is 0 Å². The van der Waals surface area contributed by atoms with Crippen LogP contribution in [-0.4, -0.2) is 37.8 Å². The maximum absolute atomic E-state index is 12.8. The SMILES string of the molecule is COc1ccc(SCC(=O)NCC(F)(F)CN)cc1.Cl. The molecule has 0 bridgehead atoms. The number of ether oxygens (including phenoxy) is 1. The molecule has 0 aromatic heterocycles. The van der Waals surface area contributed by atoms with E-state index in [2.05, 4.69) is 5.32 Å². The second-order valence-corrected chi connectivity index (χ2v) is 4.85. The van der Waals surface area contributed by atoms with Gasteiger partial charge in [0.25, 0.3) is 5.92 Å². The van der Waals surface area contributed by atoms with Crippen LogP contribution in [0.4, 0.5) is 8.78 Å². The summed E-state index contributed by atoms with van der Waals surface area (Å²) in [6.07, 6.45) is 0. The summed E-state index contributed by atoms with van der Waals surface area (Å²) in [7, 11) is 1.56. The van der Waals surface area contributed by atoms with Gasteiger partial charge in [0.2, 0.25) is 5.91 Å². The summed E-state index contributed by atoms with van der Waals surface area (Å²) in [5.74, 6) is -2.71. The highest BCUT2D eigenvalue weighted by atomic mass is 35.5. The van der Waals surface area contributed by atoms with Crippen LogP contribution in [0.25, 0.3) is 0 Å². The first-order valence-electron chi connectivity index (χ1n) is 5.58. The summed E-state index contributed by atoms with van der Waals surface area (Å²) in [5.41, 5.74) is 4.87. The molecule has 0 saturated carbocycles. The maximum Gasteiger partial charge on any atom is 0.277 e. The molecule has 1 aromatic rings. The van der Waals surface area contributed by atoms with E-state index >= 15 is 0 Å². The zero-order valence-electron chi connectivity index (χ0n) is 10.9. The first-order valence-corrected chi connectivity index (χ1v) is 6.57. The van der Waals surface area contributed by atoms with Crippen LogP contribution in [0, 0.1) is 0 Å². The summed E-state index contributed by atoms with van der Waals surface area (Å²) in [5, 5.41) is 2.15. The van der Waals surface area contributed by atoms with Crippen LogP contribution in [0.2, 0.25) is 0 Å². The van der Waals surface area contributed by atoms with Crippen molar-refractivity contribution < 1.29 is 18.3 Å². The lowest BCUT2D eigenvalue weighted by molar-refractivity contribution is -0.120. The number of amides is 1. The summed E-state index contributed by atoms with van der Waals surface area (Å²) >= 11 is 1.26. The zero-order valence-corrected chi connectivity index (χ0v) is 12.5. The molecule has 20 heavy (non-hydrogen) atoms. The van der Waals surface area contributed by atoms with Crippen molar-refractivity contribution in [2.75, 3.05) is 26.0 Å². The van der Waals surface area contributed by atoms with Crippen LogP contribution >= 0.6 is 24.2 Å². The lowest BCUT2D eigenvalue weighted by Gasteiger charge is -2.14. The fourth-order valence-corrected chi connectivity index (χ4v) is 1.90. The van der Waals surface area contributed by atoms with Crippen LogP contribution in [0.3, 0.4) is 0 Å². The van der Waals surface area contributed by atoms with E-state index in [1.807, 2.05) is 0 Å². The number of hydrogen-bond donors (Lipinski definition) is 2. The summed E-state index contributed by atoms with van der Waals surface area (Å²) in [6, 6.07) is 7.13. The number of carbonyl (C=O) groups is 1. The van der Waals surface area contributed by atoms with Gasteiger partial charge in [-0.15, -0.1) is 24.2 Å². The average Bonchev–Trinajstić information content (AvgIpc) is 2.43. The highest BCUT2D eigenvalue weighted by Crippen LogP contribution is 2.21. The van der Waals surface area contributed by atoms with Crippen molar-refractivity contribution in [3.63, 3.8) is 0 Å². The van der Waals surface area contributed by atoms with E-state index < -0.39 is 24.9 Å². The van der Waals surface area contributed by atoms with Crippen molar-refractivity contribution in [3.05, 3.63) is 24.3 Å². The highest BCUT2D eigenvalue weighted by molar-refractivity contribution is 8.00. The molecule has 0 aliphatic heterocycles. The molecule has 1 rings (SSSR count). The fraction of sp³-hybridized carbons (Fsp3) is 0.417. The van der Waals surface area contributed by atoms with E-state index in [4.69, 9.17) is 10.5 Å². The number of benzene rings is 1. The average molecular weight is 327 g/mol. The summed E-state index contributed by atoms with van der Waals surface area (Å²) in [4.78, 5) is 12.2. The van der Waals surface area contributed by atoms with Crippen LogP contribution < -0.4 is 15.8 Å². The normalized spacial score (nSPS) is 10.6. The monoisotopic (exact) mass is 326 g/mol. The molecule has 0 fully saturated rings. The first kappa shape index (κ1) is 18.9. The molecule has 0 saturated heterocycles. The third-order valence-electron chi connectivity index (χ3n) is 2.27. The van der Waals surface area contributed by atoms with Crippen LogP contribution in [0.5, 0.6) is 5.75 Å². The molecule has 114 valence electrons. The van der Waals surface area contributed by atoms with E-state index in [9.17, 15) is 13.6 Å². The van der Waals surface area contributed by atoms with Crippen molar-refractivity contribution in [2.24, 2.45) is 5.73 Å². The molecule has 0 heterocycles. The number of carbonyl (C=O) groups excluding carboxylic acids is 1. The van der Waals surface area contributed by atoms with Gasteiger partial charge in [0.1, 0.15) is 5.75 Å². The Hall–Kier alpha value is -1.05. The van der Waals surface area contributed by atoms with Crippen molar-refractivity contribution in [1.29, 1.82) is 0 Å². The number of hydrogen-bond acceptors (Lipinski definition) is 4. The second-order valence-electron chi connectivity index (χ2n) is 3.80. The van der Waals surface area contributed by atoms with Gasteiger partial charge in [-0.05, 0) is 24.3 Å². The number of halogens is 3. The van der Waals surface area contributed by atoms with Gasteiger partial charge in [-0.25, -0.2) is 8.78 Å². The van der Waals surface area contributed by atoms with E-state index in [1.54, 1.807) is 31.4 Å². The molecule has 8 heteroatoms. The molecule has 1 aromatic carbocycles. The van der Waals surface area contributed by atoms with Gasteiger partial charge in [0.05, 0.1) is 26.0 Å².